The van der Waals surface area contributed by atoms with E-state index in [-0.39, 0.29) is 0 Å². The second kappa shape index (κ2) is 9.57. The highest BCUT2D eigenvalue weighted by Crippen LogP contribution is 2.27. The van der Waals surface area contributed by atoms with Gasteiger partial charge in [0.25, 0.3) is 0 Å². The van der Waals surface area contributed by atoms with Crippen molar-refractivity contribution in [2.75, 3.05) is 45.1 Å². The molecule has 2 rings (SSSR count). The van der Waals surface area contributed by atoms with Gasteiger partial charge in [-0.2, -0.15) is 4.98 Å². The predicted molar refractivity (Wildman–Crippen MR) is 93.9 cm³/mol. The third-order valence-corrected chi connectivity index (χ3v) is 3.39. The van der Waals surface area contributed by atoms with Crippen LogP contribution in [-0.4, -0.2) is 44.4 Å². The first kappa shape index (κ1) is 17.8. The highest BCUT2D eigenvalue weighted by atomic mass is 16.5. The van der Waals surface area contributed by atoms with Crippen LogP contribution in [0.15, 0.2) is 30.5 Å². The summed E-state index contributed by atoms with van der Waals surface area (Å²) < 4.78 is 15.6. The first-order valence-corrected chi connectivity index (χ1v) is 7.77. The Labute approximate surface area is 142 Å². The summed E-state index contributed by atoms with van der Waals surface area (Å²) in [5, 5.41) is 6.45. The molecule has 0 aliphatic heterocycles. The van der Waals surface area contributed by atoms with Crippen molar-refractivity contribution in [3.05, 3.63) is 36.0 Å². The Bertz CT molecular complexity index is 637. The van der Waals surface area contributed by atoms with Crippen LogP contribution < -0.4 is 20.1 Å². The average molecular weight is 332 g/mol. The fourth-order valence-electron chi connectivity index (χ4n) is 2.14. The third-order valence-electron chi connectivity index (χ3n) is 3.39. The molecule has 130 valence electrons. The van der Waals surface area contributed by atoms with Gasteiger partial charge < -0.3 is 24.8 Å². The Morgan fingerprint density at radius 1 is 1.00 bits per heavy atom. The summed E-state index contributed by atoms with van der Waals surface area (Å²) in [4.78, 5) is 8.63. The number of aromatic nitrogens is 2. The van der Waals surface area contributed by atoms with Crippen molar-refractivity contribution >= 4 is 11.8 Å². The van der Waals surface area contributed by atoms with Crippen LogP contribution in [0.2, 0.25) is 0 Å². The van der Waals surface area contributed by atoms with Gasteiger partial charge in [0.15, 0.2) is 11.5 Å². The maximum Gasteiger partial charge on any atom is 0.224 e. The van der Waals surface area contributed by atoms with E-state index in [1.54, 1.807) is 27.5 Å². The zero-order valence-corrected chi connectivity index (χ0v) is 14.3. The fourth-order valence-corrected chi connectivity index (χ4v) is 2.14. The molecule has 24 heavy (non-hydrogen) atoms. The van der Waals surface area contributed by atoms with Crippen LogP contribution in [-0.2, 0) is 11.3 Å². The minimum atomic E-state index is 0.600. The van der Waals surface area contributed by atoms with Crippen molar-refractivity contribution in [2.45, 2.75) is 13.0 Å². The number of nitrogens with one attached hydrogen (secondary N) is 2. The summed E-state index contributed by atoms with van der Waals surface area (Å²) in [6.45, 7) is 2.11. The SMILES string of the molecule is COCCCNc1nccc(NCc2ccc(OC)c(OC)c2)n1. The molecule has 0 aliphatic carbocycles. The van der Waals surface area contributed by atoms with Gasteiger partial charge in [-0.05, 0) is 30.2 Å². The summed E-state index contributed by atoms with van der Waals surface area (Å²) in [5.74, 6) is 2.78. The lowest BCUT2D eigenvalue weighted by Crippen LogP contribution is -2.09. The monoisotopic (exact) mass is 332 g/mol. The Balaban J connectivity index is 1.92. The van der Waals surface area contributed by atoms with Gasteiger partial charge in [-0.3, -0.25) is 0 Å². The van der Waals surface area contributed by atoms with Gasteiger partial charge in [-0.1, -0.05) is 6.07 Å². The molecular weight excluding hydrogens is 308 g/mol. The highest BCUT2D eigenvalue weighted by molar-refractivity contribution is 5.45. The van der Waals surface area contributed by atoms with Gasteiger partial charge in [0.2, 0.25) is 5.95 Å². The molecule has 0 amide bonds. The lowest BCUT2D eigenvalue weighted by atomic mass is 10.2. The van der Waals surface area contributed by atoms with Crippen molar-refractivity contribution in [3.63, 3.8) is 0 Å². The number of nitrogens with zero attached hydrogens (tertiary/aromatic N) is 2. The molecule has 2 aromatic rings. The van der Waals surface area contributed by atoms with Gasteiger partial charge in [-0.25, -0.2) is 4.98 Å². The maximum absolute atomic E-state index is 5.31. The van der Waals surface area contributed by atoms with E-state index in [0.717, 1.165) is 24.3 Å². The second-order valence-corrected chi connectivity index (χ2v) is 5.08. The lowest BCUT2D eigenvalue weighted by Gasteiger charge is -2.11. The topological polar surface area (TPSA) is 77.5 Å². The number of ether oxygens (including phenoxy) is 3. The number of hydrogen-bond donors (Lipinski definition) is 2. The van der Waals surface area contributed by atoms with Crippen molar-refractivity contribution in [3.8, 4) is 11.5 Å². The van der Waals surface area contributed by atoms with Crippen LogP contribution in [0, 0.1) is 0 Å². The summed E-state index contributed by atoms with van der Waals surface area (Å²) in [5.41, 5.74) is 1.07. The zero-order valence-electron chi connectivity index (χ0n) is 14.3. The van der Waals surface area contributed by atoms with Crippen LogP contribution in [0.25, 0.3) is 0 Å². The number of benzene rings is 1. The van der Waals surface area contributed by atoms with Crippen LogP contribution in [0.1, 0.15) is 12.0 Å². The van der Waals surface area contributed by atoms with Gasteiger partial charge in [0.1, 0.15) is 5.82 Å². The Hall–Kier alpha value is -2.54. The zero-order chi connectivity index (χ0) is 17.2. The standard InChI is InChI=1S/C17H24N4O3/c1-22-10-4-8-18-17-19-9-7-16(21-17)20-12-13-5-6-14(23-2)15(11-13)24-3/h5-7,9,11H,4,8,10,12H2,1-3H3,(H2,18,19,20,21). The molecule has 0 saturated heterocycles. The average Bonchev–Trinajstić information content (AvgIpc) is 2.63. The summed E-state index contributed by atoms with van der Waals surface area (Å²) in [6.07, 6.45) is 2.63. The molecule has 1 aromatic carbocycles. The molecule has 0 spiro atoms. The number of rotatable bonds is 10. The Kier molecular flexibility index (Phi) is 7.10. The van der Waals surface area contributed by atoms with Crippen LogP contribution in [0.4, 0.5) is 11.8 Å². The van der Waals surface area contributed by atoms with E-state index in [9.17, 15) is 0 Å². The minimum Gasteiger partial charge on any atom is -0.493 e. The van der Waals surface area contributed by atoms with E-state index in [2.05, 4.69) is 20.6 Å². The Morgan fingerprint density at radius 3 is 2.58 bits per heavy atom. The molecule has 1 heterocycles. The first-order chi connectivity index (χ1) is 11.8. The summed E-state index contributed by atoms with van der Waals surface area (Å²) in [7, 11) is 4.94. The van der Waals surface area contributed by atoms with Crippen LogP contribution >= 0.6 is 0 Å². The molecule has 0 radical (unpaired) electrons. The number of anilines is 2. The van der Waals surface area contributed by atoms with Crippen LogP contribution in [0.3, 0.4) is 0 Å². The molecule has 7 nitrogen and oxygen atoms in total. The Morgan fingerprint density at radius 2 is 1.83 bits per heavy atom. The lowest BCUT2D eigenvalue weighted by molar-refractivity contribution is 0.197. The van der Waals surface area contributed by atoms with Gasteiger partial charge in [0, 0.05) is 33.0 Å². The number of hydrogen-bond acceptors (Lipinski definition) is 7. The van der Waals surface area contributed by atoms with Gasteiger partial charge in [-0.15, -0.1) is 0 Å². The molecule has 0 bridgehead atoms. The van der Waals surface area contributed by atoms with Crippen molar-refractivity contribution in [2.24, 2.45) is 0 Å². The molecule has 0 atom stereocenters. The van der Waals surface area contributed by atoms with E-state index < -0.39 is 0 Å². The molecule has 2 N–H and O–H groups in total. The summed E-state index contributed by atoms with van der Waals surface area (Å²) in [6, 6.07) is 7.65. The molecule has 0 saturated carbocycles. The van der Waals surface area contributed by atoms with Gasteiger partial charge in [0.05, 0.1) is 14.2 Å². The first-order valence-electron chi connectivity index (χ1n) is 7.77. The van der Waals surface area contributed by atoms with E-state index in [1.807, 2.05) is 24.3 Å². The quantitative estimate of drug-likeness (QED) is 0.647. The van der Waals surface area contributed by atoms with Crippen molar-refractivity contribution in [1.82, 2.24) is 9.97 Å². The normalized spacial score (nSPS) is 10.3. The molecule has 1 aromatic heterocycles. The molecule has 7 heteroatoms. The fraction of sp³-hybridized carbons (Fsp3) is 0.412. The predicted octanol–water partition coefficient (Wildman–Crippen LogP) is 2.55. The number of methoxy groups -OCH3 is 3. The largest absolute Gasteiger partial charge is 0.493 e. The van der Waals surface area contributed by atoms with E-state index >= 15 is 0 Å². The minimum absolute atomic E-state index is 0.600. The van der Waals surface area contributed by atoms with Crippen molar-refractivity contribution < 1.29 is 14.2 Å². The van der Waals surface area contributed by atoms with Gasteiger partial charge >= 0.3 is 0 Å². The van der Waals surface area contributed by atoms with E-state index in [0.29, 0.717) is 30.6 Å². The maximum atomic E-state index is 5.31. The molecule has 0 aliphatic rings. The molecule has 0 unspecified atom stereocenters. The smallest absolute Gasteiger partial charge is 0.224 e. The summed E-state index contributed by atoms with van der Waals surface area (Å²) >= 11 is 0. The third kappa shape index (κ3) is 5.27. The van der Waals surface area contributed by atoms with Crippen molar-refractivity contribution in [1.29, 1.82) is 0 Å². The van der Waals surface area contributed by atoms with Crippen LogP contribution in [0.5, 0.6) is 11.5 Å². The second-order valence-electron chi connectivity index (χ2n) is 5.08. The highest BCUT2D eigenvalue weighted by Gasteiger charge is 2.05. The molecule has 0 fully saturated rings. The molecular formula is C17H24N4O3. The van der Waals surface area contributed by atoms with E-state index in [4.69, 9.17) is 14.2 Å². The van der Waals surface area contributed by atoms with E-state index in [1.165, 1.54) is 0 Å².